The van der Waals surface area contributed by atoms with Gasteiger partial charge in [0.15, 0.2) is 5.78 Å². The molecule has 2 bridgehead atoms. The quantitative estimate of drug-likeness (QED) is 0.839. The van der Waals surface area contributed by atoms with E-state index in [4.69, 9.17) is 9.47 Å². The maximum atomic E-state index is 12.7. The van der Waals surface area contributed by atoms with E-state index in [-0.39, 0.29) is 30.4 Å². The first-order valence-corrected chi connectivity index (χ1v) is 8.17. The van der Waals surface area contributed by atoms with E-state index in [1.54, 1.807) is 0 Å². The zero-order valence-corrected chi connectivity index (χ0v) is 13.5. The molecule has 1 amide bonds. The maximum absolute atomic E-state index is 12.7. The lowest BCUT2D eigenvalue weighted by molar-refractivity contribution is -0.137. The third kappa shape index (κ3) is 2.10. The van der Waals surface area contributed by atoms with Crippen LogP contribution in [0.1, 0.15) is 41.6 Å². The third-order valence-corrected chi connectivity index (χ3v) is 5.46. The average Bonchev–Trinajstić information content (AvgIpc) is 3.04. The van der Waals surface area contributed by atoms with Crippen molar-refractivity contribution in [3.05, 3.63) is 29.3 Å². The summed E-state index contributed by atoms with van der Waals surface area (Å²) in [6.45, 7) is 2.06. The number of methoxy groups -OCH3 is 1. The number of nitrogens with zero attached hydrogens (tertiary/aromatic N) is 1. The lowest BCUT2D eigenvalue weighted by Crippen LogP contribution is -2.52. The Bertz CT molecular complexity index is 686. The van der Waals surface area contributed by atoms with E-state index in [0.717, 1.165) is 24.8 Å². The first kappa shape index (κ1) is 14.7. The zero-order chi connectivity index (χ0) is 16.2. The second-order valence-electron chi connectivity index (χ2n) is 6.95. The van der Waals surface area contributed by atoms with Gasteiger partial charge in [-0.3, -0.25) is 9.59 Å². The molecule has 0 radical (unpaired) electrons. The van der Waals surface area contributed by atoms with Gasteiger partial charge in [-0.25, -0.2) is 0 Å². The highest BCUT2D eigenvalue weighted by molar-refractivity contribution is 6.00. The van der Waals surface area contributed by atoms with Crippen LogP contribution in [0.2, 0.25) is 0 Å². The summed E-state index contributed by atoms with van der Waals surface area (Å²) in [5.41, 5.74) is 1.18. The molecule has 0 saturated carbocycles. The molecule has 2 saturated heterocycles. The van der Waals surface area contributed by atoms with Crippen LogP contribution < -0.4 is 4.74 Å². The Morgan fingerprint density at radius 2 is 2.26 bits per heavy atom. The maximum Gasteiger partial charge on any atom is 0.249 e. The molecule has 1 spiro atoms. The van der Waals surface area contributed by atoms with E-state index in [0.29, 0.717) is 17.7 Å². The minimum Gasteiger partial charge on any atom is -0.484 e. The van der Waals surface area contributed by atoms with Gasteiger partial charge in [-0.05, 0) is 31.9 Å². The summed E-state index contributed by atoms with van der Waals surface area (Å²) in [5.74, 6) is 0.794. The summed E-state index contributed by atoms with van der Waals surface area (Å²) in [4.78, 5) is 26.9. The van der Waals surface area contributed by atoms with Crippen LogP contribution in [0.4, 0.5) is 0 Å². The molecule has 3 aliphatic heterocycles. The fraction of sp³-hybridized carbons (Fsp3) is 0.556. The Hall–Kier alpha value is -1.88. The largest absolute Gasteiger partial charge is 0.484 e. The van der Waals surface area contributed by atoms with Crippen LogP contribution in [0, 0.1) is 6.92 Å². The number of carbonyl (C=O) groups is 2. The minimum atomic E-state index is -0.550. The molecule has 0 aromatic heterocycles. The molecular weight excluding hydrogens is 294 g/mol. The van der Waals surface area contributed by atoms with Crippen LogP contribution in [0.25, 0.3) is 0 Å². The van der Waals surface area contributed by atoms with E-state index < -0.39 is 5.60 Å². The van der Waals surface area contributed by atoms with Crippen molar-refractivity contribution in [3.63, 3.8) is 0 Å². The van der Waals surface area contributed by atoms with Gasteiger partial charge in [0, 0.05) is 19.6 Å². The molecule has 3 unspecified atom stereocenters. The van der Waals surface area contributed by atoms with Crippen molar-refractivity contribution in [2.24, 2.45) is 0 Å². The Labute approximate surface area is 135 Å². The van der Waals surface area contributed by atoms with Crippen molar-refractivity contribution in [3.8, 4) is 5.75 Å². The molecule has 1 aromatic carbocycles. The standard InChI is InChI=1S/C18H21NO4/c1-11-3-5-15-13(7-11)14(20)9-18(23-15)8-12-4-6-16(18)19(12)17(21)10-22-2/h3,5,7,12,16H,4,6,8-10H2,1-2H3. The van der Waals surface area contributed by atoms with Gasteiger partial charge in [0.2, 0.25) is 5.91 Å². The molecular formula is C18H21NO4. The lowest BCUT2D eigenvalue weighted by Gasteiger charge is -2.40. The van der Waals surface area contributed by atoms with Crippen LogP contribution in [-0.2, 0) is 9.53 Å². The highest BCUT2D eigenvalue weighted by Gasteiger charge is 2.61. The molecule has 0 aliphatic carbocycles. The summed E-state index contributed by atoms with van der Waals surface area (Å²) < 4.78 is 11.4. The molecule has 2 fully saturated rings. The van der Waals surface area contributed by atoms with Gasteiger partial charge in [0.1, 0.15) is 18.0 Å². The number of fused-ring (bicyclic) bond motifs is 4. The second kappa shape index (κ2) is 5.06. The molecule has 23 heavy (non-hydrogen) atoms. The second-order valence-corrected chi connectivity index (χ2v) is 6.95. The average molecular weight is 315 g/mol. The highest BCUT2D eigenvalue weighted by atomic mass is 16.5. The van der Waals surface area contributed by atoms with E-state index >= 15 is 0 Å². The predicted molar refractivity (Wildman–Crippen MR) is 83.6 cm³/mol. The molecule has 122 valence electrons. The van der Waals surface area contributed by atoms with Crippen LogP contribution in [-0.4, -0.2) is 48.0 Å². The van der Waals surface area contributed by atoms with E-state index in [9.17, 15) is 9.59 Å². The van der Waals surface area contributed by atoms with Crippen LogP contribution in [0.15, 0.2) is 18.2 Å². The number of aryl methyl sites for hydroxylation is 1. The lowest BCUT2D eigenvalue weighted by atomic mass is 9.78. The van der Waals surface area contributed by atoms with Crippen molar-refractivity contribution in [2.75, 3.05) is 13.7 Å². The number of rotatable bonds is 2. The van der Waals surface area contributed by atoms with Gasteiger partial charge < -0.3 is 14.4 Å². The zero-order valence-electron chi connectivity index (χ0n) is 13.5. The Morgan fingerprint density at radius 1 is 1.43 bits per heavy atom. The van der Waals surface area contributed by atoms with E-state index in [1.807, 2.05) is 30.0 Å². The van der Waals surface area contributed by atoms with Gasteiger partial charge in [-0.15, -0.1) is 0 Å². The van der Waals surface area contributed by atoms with Gasteiger partial charge in [0.25, 0.3) is 0 Å². The number of benzene rings is 1. The van der Waals surface area contributed by atoms with Crippen molar-refractivity contribution in [1.29, 1.82) is 0 Å². The summed E-state index contributed by atoms with van der Waals surface area (Å²) in [6.07, 6.45) is 2.99. The van der Waals surface area contributed by atoms with Crippen LogP contribution >= 0.6 is 0 Å². The summed E-state index contributed by atoms with van der Waals surface area (Å²) in [6, 6.07) is 5.89. The van der Waals surface area contributed by atoms with Crippen LogP contribution in [0.3, 0.4) is 0 Å². The molecule has 0 N–H and O–H groups in total. The fourth-order valence-corrected chi connectivity index (χ4v) is 4.58. The van der Waals surface area contributed by atoms with Crippen LogP contribution in [0.5, 0.6) is 5.75 Å². The SMILES string of the molecule is COCC(=O)N1C2CCC1C1(CC(=O)c3cc(C)ccc3O1)C2. The number of ketones is 1. The fourth-order valence-electron chi connectivity index (χ4n) is 4.58. The van der Waals surface area contributed by atoms with Gasteiger partial charge in [-0.2, -0.15) is 0 Å². The molecule has 1 aromatic rings. The van der Waals surface area contributed by atoms with Gasteiger partial charge in [-0.1, -0.05) is 11.6 Å². The predicted octanol–water partition coefficient (Wildman–Crippen LogP) is 2.11. The van der Waals surface area contributed by atoms with Crippen molar-refractivity contribution >= 4 is 11.7 Å². The molecule has 3 atom stereocenters. The summed E-state index contributed by atoms with van der Waals surface area (Å²) in [5, 5.41) is 0. The van der Waals surface area contributed by atoms with Gasteiger partial charge in [0.05, 0.1) is 18.0 Å². The normalized spacial score (nSPS) is 31.4. The van der Waals surface area contributed by atoms with Crippen molar-refractivity contribution < 1.29 is 19.1 Å². The molecule has 5 nitrogen and oxygen atoms in total. The van der Waals surface area contributed by atoms with E-state index in [2.05, 4.69) is 0 Å². The molecule has 4 rings (SSSR count). The Kier molecular flexibility index (Phi) is 3.23. The third-order valence-electron chi connectivity index (χ3n) is 5.46. The van der Waals surface area contributed by atoms with Crippen molar-refractivity contribution in [2.45, 2.75) is 50.3 Å². The first-order chi connectivity index (χ1) is 11.0. The Balaban J connectivity index is 1.67. The number of Topliss-reactive ketones (excluding diaryl/α,β-unsaturated/α-hetero) is 1. The summed E-state index contributed by atoms with van der Waals surface area (Å²) in [7, 11) is 1.53. The molecule has 5 heteroatoms. The molecule has 3 aliphatic rings. The van der Waals surface area contributed by atoms with Crippen molar-refractivity contribution in [1.82, 2.24) is 4.90 Å². The summed E-state index contributed by atoms with van der Waals surface area (Å²) >= 11 is 0. The minimum absolute atomic E-state index is 0.00243. The van der Waals surface area contributed by atoms with E-state index in [1.165, 1.54) is 7.11 Å². The van der Waals surface area contributed by atoms with Gasteiger partial charge >= 0.3 is 0 Å². The topological polar surface area (TPSA) is 55.8 Å². The number of hydrogen-bond donors (Lipinski definition) is 0. The Morgan fingerprint density at radius 3 is 3.04 bits per heavy atom. The molecule has 3 heterocycles. The smallest absolute Gasteiger partial charge is 0.249 e. The monoisotopic (exact) mass is 315 g/mol. The number of carbonyl (C=O) groups excluding carboxylic acids is 2. The number of ether oxygens (including phenoxy) is 2. The first-order valence-electron chi connectivity index (χ1n) is 8.17. The number of hydrogen-bond acceptors (Lipinski definition) is 4. The highest BCUT2D eigenvalue weighted by Crippen LogP contribution is 2.51. The number of amides is 1.